The number of quaternary nitrogens is 1. The summed E-state index contributed by atoms with van der Waals surface area (Å²) in [6.07, 6.45) is 3.40. The molecule has 154 valence electrons. The van der Waals surface area contributed by atoms with Gasteiger partial charge in [0.25, 0.3) is 0 Å². The van der Waals surface area contributed by atoms with Crippen molar-refractivity contribution in [3.63, 3.8) is 0 Å². The summed E-state index contributed by atoms with van der Waals surface area (Å²) < 4.78 is 22.9. The van der Waals surface area contributed by atoms with Gasteiger partial charge >= 0.3 is 0 Å². The van der Waals surface area contributed by atoms with Crippen LogP contribution >= 0.6 is 0 Å². The van der Waals surface area contributed by atoms with Crippen LogP contribution in [0.5, 0.6) is 17.2 Å². The number of rotatable bonds is 4. The molecule has 1 saturated heterocycles. The molecule has 7 nitrogen and oxygen atoms in total. The molecule has 7 heteroatoms. The molecular formula is C21H31N2O5+. The summed E-state index contributed by atoms with van der Waals surface area (Å²) in [4.78, 5) is 1.39. The van der Waals surface area contributed by atoms with Gasteiger partial charge in [0.2, 0.25) is 12.5 Å². The smallest absolute Gasteiger partial charge is 0.231 e. The summed E-state index contributed by atoms with van der Waals surface area (Å²) in [5.41, 5.74) is 3.06. The molecule has 3 atom stereocenters. The number of hydrogen-bond acceptors (Lipinski definition) is 6. The Morgan fingerprint density at radius 1 is 1.39 bits per heavy atom. The lowest BCUT2D eigenvalue weighted by atomic mass is 9.80. The lowest BCUT2D eigenvalue weighted by Crippen LogP contribution is -3.10. The van der Waals surface area contributed by atoms with Gasteiger partial charge in [-0.25, -0.2) is 0 Å². The van der Waals surface area contributed by atoms with Gasteiger partial charge in [0.05, 0.1) is 37.6 Å². The van der Waals surface area contributed by atoms with Crippen molar-refractivity contribution in [2.24, 2.45) is 11.1 Å². The van der Waals surface area contributed by atoms with Crippen LogP contribution < -0.4 is 19.1 Å². The second kappa shape index (κ2) is 7.44. The molecule has 0 bridgehead atoms. The van der Waals surface area contributed by atoms with Gasteiger partial charge in [-0.3, -0.25) is 0 Å². The van der Waals surface area contributed by atoms with Crippen molar-refractivity contribution in [2.45, 2.75) is 51.2 Å². The van der Waals surface area contributed by atoms with Gasteiger partial charge in [0, 0.05) is 25.4 Å². The molecule has 0 radical (unpaired) electrons. The number of hydrogen-bond donors (Lipinski definition) is 2. The lowest BCUT2D eigenvalue weighted by molar-refractivity contribution is -0.913. The van der Waals surface area contributed by atoms with Gasteiger partial charge in [-0.05, 0) is 38.3 Å². The second-order valence-corrected chi connectivity index (χ2v) is 8.71. The lowest BCUT2D eigenvalue weighted by Gasteiger charge is -2.38. The van der Waals surface area contributed by atoms with Crippen molar-refractivity contribution in [2.75, 3.05) is 34.1 Å². The van der Waals surface area contributed by atoms with Crippen molar-refractivity contribution in [3.8, 4) is 17.2 Å². The van der Waals surface area contributed by atoms with E-state index >= 15 is 0 Å². The van der Waals surface area contributed by atoms with Crippen molar-refractivity contribution < 1.29 is 29.1 Å². The van der Waals surface area contributed by atoms with Gasteiger partial charge < -0.3 is 29.1 Å². The number of oxime groups is 1. The quantitative estimate of drug-likeness (QED) is 0.466. The van der Waals surface area contributed by atoms with Crippen LogP contribution in [0.3, 0.4) is 0 Å². The van der Waals surface area contributed by atoms with Crippen LogP contribution in [-0.2, 0) is 11.2 Å². The zero-order valence-corrected chi connectivity index (χ0v) is 17.2. The van der Waals surface area contributed by atoms with E-state index in [1.54, 1.807) is 7.11 Å². The SMILES string of the molecule is COc1c2c(cc3c1[C@H](CC(=NO)[C@H]1CCOC(C)(C)C1)[NH+](C)CC3)OCO2. The maximum Gasteiger partial charge on any atom is 0.231 e. The maximum atomic E-state index is 9.86. The third-order valence-electron chi connectivity index (χ3n) is 6.39. The Bertz CT molecular complexity index is 777. The molecule has 1 fully saturated rings. The van der Waals surface area contributed by atoms with E-state index in [1.807, 2.05) is 0 Å². The molecule has 0 spiro atoms. The highest BCUT2D eigenvalue weighted by atomic mass is 16.7. The highest BCUT2D eigenvalue weighted by molar-refractivity contribution is 5.87. The van der Waals surface area contributed by atoms with Crippen molar-refractivity contribution in [1.82, 2.24) is 0 Å². The highest BCUT2D eigenvalue weighted by Crippen LogP contribution is 2.48. The van der Waals surface area contributed by atoms with Gasteiger partial charge in [0.1, 0.15) is 6.04 Å². The van der Waals surface area contributed by atoms with Crippen LogP contribution in [0.15, 0.2) is 11.2 Å². The van der Waals surface area contributed by atoms with Crippen LogP contribution in [0.1, 0.15) is 50.3 Å². The van der Waals surface area contributed by atoms with E-state index in [9.17, 15) is 5.21 Å². The first-order valence-electron chi connectivity index (χ1n) is 10.1. The van der Waals surface area contributed by atoms with E-state index in [2.05, 4.69) is 32.1 Å². The molecule has 28 heavy (non-hydrogen) atoms. The summed E-state index contributed by atoms with van der Waals surface area (Å²) >= 11 is 0. The first-order chi connectivity index (χ1) is 13.4. The fraction of sp³-hybridized carbons (Fsp3) is 0.667. The summed E-state index contributed by atoms with van der Waals surface area (Å²) in [6, 6.07) is 2.23. The van der Waals surface area contributed by atoms with Gasteiger partial charge in [-0.1, -0.05) is 5.16 Å². The Labute approximate surface area is 166 Å². The Hall–Kier alpha value is -1.99. The van der Waals surface area contributed by atoms with E-state index in [-0.39, 0.29) is 24.4 Å². The molecule has 0 amide bonds. The molecule has 0 saturated carbocycles. The van der Waals surface area contributed by atoms with Crippen LogP contribution in [-0.4, -0.2) is 50.6 Å². The largest absolute Gasteiger partial charge is 0.492 e. The fourth-order valence-corrected chi connectivity index (χ4v) is 4.91. The van der Waals surface area contributed by atoms with E-state index < -0.39 is 0 Å². The average Bonchev–Trinajstić information content (AvgIpc) is 3.13. The highest BCUT2D eigenvalue weighted by Gasteiger charge is 2.39. The number of likely N-dealkylation sites (N-methyl/N-ethyl adjacent to an activating group) is 1. The molecule has 0 aromatic heterocycles. The molecule has 3 aliphatic rings. The summed E-state index contributed by atoms with van der Waals surface area (Å²) in [7, 11) is 3.88. The fourth-order valence-electron chi connectivity index (χ4n) is 4.91. The zero-order chi connectivity index (χ0) is 19.9. The summed E-state index contributed by atoms with van der Waals surface area (Å²) in [5.74, 6) is 2.44. The number of nitrogens with zero attached hydrogens (tertiary/aromatic N) is 1. The normalized spacial score (nSPS) is 28.7. The second-order valence-electron chi connectivity index (χ2n) is 8.71. The molecule has 0 aliphatic carbocycles. The first kappa shape index (κ1) is 19.3. The first-order valence-corrected chi connectivity index (χ1v) is 10.1. The minimum Gasteiger partial charge on any atom is -0.492 e. The van der Waals surface area contributed by atoms with E-state index in [4.69, 9.17) is 18.9 Å². The number of methoxy groups -OCH3 is 1. The Morgan fingerprint density at radius 3 is 2.93 bits per heavy atom. The monoisotopic (exact) mass is 391 g/mol. The van der Waals surface area contributed by atoms with Crippen LogP contribution in [0, 0.1) is 5.92 Å². The summed E-state index contributed by atoms with van der Waals surface area (Å²) in [5, 5.41) is 13.6. The molecule has 4 rings (SSSR count). The van der Waals surface area contributed by atoms with Gasteiger partial charge in [-0.15, -0.1) is 0 Å². The van der Waals surface area contributed by atoms with Crippen LogP contribution in [0.25, 0.3) is 0 Å². The Kier molecular flexibility index (Phi) is 5.14. The van der Waals surface area contributed by atoms with Crippen LogP contribution in [0.2, 0.25) is 0 Å². The Balaban J connectivity index is 1.67. The predicted octanol–water partition coefficient (Wildman–Crippen LogP) is 1.96. The minimum absolute atomic E-state index is 0.144. The standard InChI is InChI=1S/C21H30N2O5/c1-21(2)11-14(6-8-28-21)15(22-24)10-16-18-13(5-7-23(16)3)9-17-19(20(18)25-4)27-12-26-17/h9,14,16,24H,5-8,10-12H2,1-4H3/p+1/t14-,16-/m0/s1. The van der Waals surface area contributed by atoms with Gasteiger partial charge in [-0.2, -0.15) is 0 Å². The maximum absolute atomic E-state index is 9.86. The van der Waals surface area contributed by atoms with E-state index in [0.717, 1.165) is 48.6 Å². The summed E-state index contributed by atoms with van der Waals surface area (Å²) in [6.45, 7) is 6.14. The average molecular weight is 391 g/mol. The predicted molar refractivity (Wildman–Crippen MR) is 104 cm³/mol. The molecule has 3 heterocycles. The molecule has 2 N–H and O–H groups in total. The van der Waals surface area contributed by atoms with Crippen molar-refractivity contribution >= 4 is 5.71 Å². The molecule has 1 aromatic rings. The topological polar surface area (TPSA) is 74.0 Å². The number of ether oxygens (including phenoxy) is 4. The number of nitrogens with one attached hydrogen (secondary N) is 1. The van der Waals surface area contributed by atoms with E-state index in [1.165, 1.54) is 10.5 Å². The van der Waals surface area contributed by atoms with Gasteiger partial charge in [0.15, 0.2) is 11.5 Å². The van der Waals surface area contributed by atoms with E-state index in [0.29, 0.717) is 18.8 Å². The van der Waals surface area contributed by atoms with Crippen molar-refractivity contribution in [1.29, 1.82) is 0 Å². The third kappa shape index (κ3) is 3.42. The molecule has 1 aromatic carbocycles. The molecule has 1 unspecified atom stereocenters. The van der Waals surface area contributed by atoms with Crippen molar-refractivity contribution in [3.05, 3.63) is 17.2 Å². The number of fused-ring (bicyclic) bond motifs is 2. The zero-order valence-electron chi connectivity index (χ0n) is 17.2. The minimum atomic E-state index is -0.189. The van der Waals surface area contributed by atoms with Crippen LogP contribution in [0.4, 0.5) is 0 Å². The third-order valence-corrected chi connectivity index (χ3v) is 6.39. The molecule has 3 aliphatic heterocycles. The number of benzene rings is 1. The Morgan fingerprint density at radius 2 is 2.21 bits per heavy atom. The molecular weight excluding hydrogens is 360 g/mol.